The third kappa shape index (κ3) is 4.33. The van der Waals surface area contributed by atoms with Crippen LogP contribution in [0.3, 0.4) is 0 Å². The Labute approximate surface area is 106 Å². The Morgan fingerprint density at radius 3 is 2.06 bits per heavy atom. The molecule has 0 saturated heterocycles. The van der Waals surface area contributed by atoms with Crippen molar-refractivity contribution in [2.75, 3.05) is 6.54 Å². The van der Waals surface area contributed by atoms with Gasteiger partial charge in [-0.1, -0.05) is 45.0 Å². The van der Waals surface area contributed by atoms with Crippen LogP contribution in [0.15, 0.2) is 24.3 Å². The maximum absolute atomic E-state index is 12.8. The molecule has 0 aliphatic heterocycles. The molecule has 1 atom stereocenters. The van der Waals surface area contributed by atoms with Gasteiger partial charge in [-0.2, -0.15) is 13.2 Å². The maximum Gasteiger partial charge on any atom is 0.407 e. The Morgan fingerprint density at radius 2 is 1.67 bits per heavy atom. The number of benzene rings is 1. The summed E-state index contributed by atoms with van der Waals surface area (Å²) >= 11 is 0. The van der Waals surface area contributed by atoms with Gasteiger partial charge in [0.15, 0.2) is 0 Å². The lowest BCUT2D eigenvalue weighted by atomic mass is 9.99. The first-order chi connectivity index (χ1) is 8.34. The largest absolute Gasteiger partial charge is 0.407 e. The quantitative estimate of drug-likeness (QED) is 0.839. The first-order valence-electron chi connectivity index (χ1n) is 6.23. The van der Waals surface area contributed by atoms with Gasteiger partial charge in [0, 0.05) is 0 Å². The highest BCUT2D eigenvalue weighted by atomic mass is 19.4. The molecule has 1 nitrogen and oxygen atoms in total. The van der Waals surface area contributed by atoms with Gasteiger partial charge in [-0.15, -0.1) is 0 Å². The molecule has 102 valence electrons. The Kier molecular flexibility index (Phi) is 5.20. The van der Waals surface area contributed by atoms with E-state index in [1.807, 2.05) is 0 Å². The zero-order valence-corrected chi connectivity index (χ0v) is 11.0. The van der Waals surface area contributed by atoms with E-state index in [9.17, 15) is 13.2 Å². The maximum atomic E-state index is 12.8. The van der Waals surface area contributed by atoms with Gasteiger partial charge in [0.25, 0.3) is 0 Å². The molecular weight excluding hydrogens is 239 g/mol. The Balaban J connectivity index is 2.87. The van der Waals surface area contributed by atoms with Crippen molar-refractivity contribution in [1.82, 2.24) is 5.32 Å². The summed E-state index contributed by atoms with van der Waals surface area (Å²) in [4.78, 5) is 0. The van der Waals surface area contributed by atoms with Crippen LogP contribution < -0.4 is 5.32 Å². The van der Waals surface area contributed by atoms with Crippen LogP contribution in [0.25, 0.3) is 0 Å². The molecule has 0 radical (unpaired) electrons. The SMILES string of the molecule is CCNC(c1ccc(CC(C)C)cc1)C(F)(F)F. The highest BCUT2D eigenvalue weighted by Gasteiger charge is 2.39. The molecule has 0 fully saturated rings. The first-order valence-corrected chi connectivity index (χ1v) is 6.23. The van der Waals surface area contributed by atoms with Crippen LogP contribution in [0, 0.1) is 5.92 Å². The van der Waals surface area contributed by atoms with Gasteiger partial charge in [0.1, 0.15) is 6.04 Å². The predicted octanol–water partition coefficient (Wildman–Crippen LogP) is 4.10. The van der Waals surface area contributed by atoms with Crippen molar-refractivity contribution >= 4 is 0 Å². The molecule has 1 aromatic carbocycles. The summed E-state index contributed by atoms with van der Waals surface area (Å²) in [5, 5.41) is 2.47. The van der Waals surface area contributed by atoms with Crippen molar-refractivity contribution in [1.29, 1.82) is 0 Å². The van der Waals surface area contributed by atoms with Gasteiger partial charge in [-0.3, -0.25) is 0 Å². The van der Waals surface area contributed by atoms with E-state index >= 15 is 0 Å². The molecule has 18 heavy (non-hydrogen) atoms. The summed E-state index contributed by atoms with van der Waals surface area (Å²) < 4.78 is 38.5. The van der Waals surface area contributed by atoms with Gasteiger partial charge in [0.2, 0.25) is 0 Å². The smallest absolute Gasteiger partial charge is 0.303 e. The second-order valence-electron chi connectivity index (χ2n) is 4.87. The molecule has 0 bridgehead atoms. The highest BCUT2D eigenvalue weighted by molar-refractivity contribution is 5.26. The van der Waals surface area contributed by atoms with Crippen molar-refractivity contribution in [3.63, 3.8) is 0 Å². The number of hydrogen-bond donors (Lipinski definition) is 1. The van der Waals surface area contributed by atoms with Gasteiger partial charge < -0.3 is 5.32 Å². The zero-order valence-electron chi connectivity index (χ0n) is 11.0. The van der Waals surface area contributed by atoms with Crippen LogP contribution in [0.4, 0.5) is 13.2 Å². The van der Waals surface area contributed by atoms with E-state index in [2.05, 4.69) is 19.2 Å². The molecular formula is C14H20F3N. The molecule has 0 saturated carbocycles. The van der Waals surface area contributed by atoms with E-state index in [0.717, 1.165) is 12.0 Å². The molecule has 0 aromatic heterocycles. The summed E-state index contributed by atoms with van der Waals surface area (Å²) in [6.07, 6.45) is -3.37. The van der Waals surface area contributed by atoms with Crippen molar-refractivity contribution < 1.29 is 13.2 Å². The van der Waals surface area contributed by atoms with E-state index < -0.39 is 12.2 Å². The number of alkyl halides is 3. The molecule has 1 N–H and O–H groups in total. The fraction of sp³-hybridized carbons (Fsp3) is 0.571. The molecule has 0 spiro atoms. The molecule has 0 aliphatic carbocycles. The minimum atomic E-state index is -4.25. The van der Waals surface area contributed by atoms with Crippen molar-refractivity contribution in [2.24, 2.45) is 5.92 Å². The zero-order chi connectivity index (χ0) is 13.8. The van der Waals surface area contributed by atoms with Crippen molar-refractivity contribution in [2.45, 2.75) is 39.4 Å². The van der Waals surface area contributed by atoms with E-state index in [-0.39, 0.29) is 12.1 Å². The molecule has 0 aliphatic rings. The average Bonchev–Trinajstić information content (AvgIpc) is 2.25. The Hall–Kier alpha value is -1.03. The molecule has 1 rings (SSSR count). The summed E-state index contributed by atoms with van der Waals surface area (Å²) in [5.74, 6) is 0.503. The monoisotopic (exact) mass is 259 g/mol. The number of hydrogen-bond acceptors (Lipinski definition) is 1. The van der Waals surface area contributed by atoms with Gasteiger partial charge in [-0.05, 0) is 30.0 Å². The minimum Gasteiger partial charge on any atom is -0.303 e. The van der Waals surface area contributed by atoms with E-state index in [1.165, 1.54) is 0 Å². The average molecular weight is 259 g/mol. The predicted molar refractivity (Wildman–Crippen MR) is 67.5 cm³/mol. The van der Waals surface area contributed by atoms with Crippen LogP contribution in [0.2, 0.25) is 0 Å². The summed E-state index contributed by atoms with van der Waals surface area (Å²) in [5.41, 5.74) is 1.35. The Morgan fingerprint density at radius 1 is 1.11 bits per heavy atom. The second-order valence-corrected chi connectivity index (χ2v) is 4.87. The van der Waals surface area contributed by atoms with E-state index in [1.54, 1.807) is 31.2 Å². The van der Waals surface area contributed by atoms with Crippen molar-refractivity contribution in [3.8, 4) is 0 Å². The van der Waals surface area contributed by atoms with Crippen molar-refractivity contribution in [3.05, 3.63) is 35.4 Å². The fourth-order valence-corrected chi connectivity index (χ4v) is 1.94. The lowest BCUT2D eigenvalue weighted by Gasteiger charge is -2.21. The third-order valence-electron chi connectivity index (χ3n) is 2.69. The highest BCUT2D eigenvalue weighted by Crippen LogP contribution is 2.32. The normalized spacial score (nSPS) is 13.9. The first kappa shape index (κ1) is 15.0. The number of halogens is 3. The molecule has 1 unspecified atom stereocenters. The lowest BCUT2D eigenvalue weighted by Crippen LogP contribution is -2.33. The van der Waals surface area contributed by atoms with Crippen LogP contribution in [0.5, 0.6) is 0 Å². The lowest BCUT2D eigenvalue weighted by molar-refractivity contribution is -0.157. The van der Waals surface area contributed by atoms with Gasteiger partial charge >= 0.3 is 6.18 Å². The topological polar surface area (TPSA) is 12.0 Å². The molecule has 4 heteroatoms. The molecule has 1 aromatic rings. The number of rotatable bonds is 5. The standard InChI is InChI=1S/C14H20F3N/c1-4-18-13(14(15,16)17)12-7-5-11(6-8-12)9-10(2)3/h5-8,10,13,18H,4,9H2,1-3H3. The summed E-state index contributed by atoms with van der Waals surface area (Å²) in [6, 6.07) is 5.13. The van der Waals surface area contributed by atoms with Crippen LogP contribution in [0.1, 0.15) is 37.9 Å². The molecule has 0 heterocycles. The second kappa shape index (κ2) is 6.23. The third-order valence-corrected chi connectivity index (χ3v) is 2.69. The van der Waals surface area contributed by atoms with E-state index in [4.69, 9.17) is 0 Å². The summed E-state index contributed by atoms with van der Waals surface area (Å²) in [6.45, 7) is 6.14. The van der Waals surface area contributed by atoms with Crippen LogP contribution >= 0.6 is 0 Å². The Bertz CT molecular complexity index is 354. The number of nitrogens with one attached hydrogen (secondary N) is 1. The van der Waals surface area contributed by atoms with Gasteiger partial charge in [0.05, 0.1) is 0 Å². The minimum absolute atomic E-state index is 0.275. The van der Waals surface area contributed by atoms with Crippen LogP contribution in [-0.2, 0) is 6.42 Å². The van der Waals surface area contributed by atoms with Gasteiger partial charge in [-0.25, -0.2) is 0 Å². The molecule has 0 amide bonds. The fourth-order valence-electron chi connectivity index (χ4n) is 1.94. The van der Waals surface area contributed by atoms with E-state index in [0.29, 0.717) is 5.92 Å². The summed E-state index contributed by atoms with van der Waals surface area (Å²) in [7, 11) is 0. The van der Waals surface area contributed by atoms with Crippen LogP contribution in [-0.4, -0.2) is 12.7 Å².